The summed E-state index contributed by atoms with van der Waals surface area (Å²) in [4.78, 5) is 1.18. The van der Waals surface area contributed by atoms with E-state index in [0.717, 1.165) is 16.3 Å². The van der Waals surface area contributed by atoms with E-state index in [-0.39, 0.29) is 0 Å². The standard InChI is InChI=1S/C14H14ClNS/c1-10-6-8-12(9-7-10)17-16-14-11(2)4-3-5-13(14)15/h3-9,16H,1-2H3. The molecule has 1 N–H and O–H groups in total. The van der Waals surface area contributed by atoms with Gasteiger partial charge in [-0.05, 0) is 49.6 Å². The zero-order valence-electron chi connectivity index (χ0n) is 9.83. The minimum atomic E-state index is 0.754. The average Bonchev–Trinajstić information content (AvgIpc) is 2.31. The van der Waals surface area contributed by atoms with Crippen molar-refractivity contribution in [2.24, 2.45) is 0 Å². The van der Waals surface area contributed by atoms with Gasteiger partial charge in [0.2, 0.25) is 0 Å². The van der Waals surface area contributed by atoms with Gasteiger partial charge in [0.25, 0.3) is 0 Å². The third-order valence-corrected chi connectivity index (χ3v) is 3.64. The molecule has 1 nitrogen and oxygen atoms in total. The first-order valence-electron chi connectivity index (χ1n) is 5.41. The largest absolute Gasteiger partial charge is 0.324 e. The predicted molar refractivity (Wildman–Crippen MR) is 76.8 cm³/mol. The number of hydrogen-bond donors (Lipinski definition) is 1. The van der Waals surface area contributed by atoms with E-state index in [1.807, 2.05) is 25.1 Å². The van der Waals surface area contributed by atoms with Gasteiger partial charge in [0, 0.05) is 4.90 Å². The Morgan fingerprint density at radius 3 is 2.35 bits per heavy atom. The van der Waals surface area contributed by atoms with Gasteiger partial charge >= 0.3 is 0 Å². The van der Waals surface area contributed by atoms with E-state index in [9.17, 15) is 0 Å². The quantitative estimate of drug-likeness (QED) is 0.776. The molecule has 0 bridgehead atoms. The van der Waals surface area contributed by atoms with Crippen LogP contribution in [0.1, 0.15) is 11.1 Å². The van der Waals surface area contributed by atoms with E-state index < -0.39 is 0 Å². The van der Waals surface area contributed by atoms with Gasteiger partial charge in [-0.1, -0.05) is 41.4 Å². The number of anilines is 1. The highest BCUT2D eigenvalue weighted by Gasteiger charge is 2.03. The van der Waals surface area contributed by atoms with Crippen molar-refractivity contribution in [3.63, 3.8) is 0 Å². The second-order valence-corrected chi connectivity index (χ2v) is 5.24. The van der Waals surface area contributed by atoms with Gasteiger partial charge < -0.3 is 4.72 Å². The van der Waals surface area contributed by atoms with Crippen LogP contribution in [-0.2, 0) is 0 Å². The number of aryl methyl sites for hydroxylation is 2. The zero-order chi connectivity index (χ0) is 12.3. The zero-order valence-corrected chi connectivity index (χ0v) is 11.4. The topological polar surface area (TPSA) is 12.0 Å². The maximum absolute atomic E-state index is 6.15. The molecule has 0 unspecified atom stereocenters. The molecule has 17 heavy (non-hydrogen) atoms. The lowest BCUT2D eigenvalue weighted by atomic mass is 10.2. The molecule has 0 atom stereocenters. The molecule has 88 valence electrons. The Kier molecular flexibility index (Phi) is 3.97. The van der Waals surface area contributed by atoms with Crippen LogP contribution in [0.2, 0.25) is 5.02 Å². The van der Waals surface area contributed by atoms with Crippen molar-refractivity contribution in [2.75, 3.05) is 4.72 Å². The highest BCUT2D eigenvalue weighted by molar-refractivity contribution is 8.00. The van der Waals surface area contributed by atoms with Crippen molar-refractivity contribution in [1.82, 2.24) is 0 Å². The summed E-state index contributed by atoms with van der Waals surface area (Å²) >= 11 is 7.72. The molecule has 0 aliphatic rings. The van der Waals surface area contributed by atoms with Crippen molar-refractivity contribution in [3.05, 3.63) is 58.6 Å². The summed E-state index contributed by atoms with van der Waals surface area (Å²) in [6.45, 7) is 4.13. The van der Waals surface area contributed by atoms with Gasteiger partial charge in [-0.2, -0.15) is 0 Å². The van der Waals surface area contributed by atoms with Crippen LogP contribution >= 0.6 is 23.5 Å². The number of hydrogen-bond acceptors (Lipinski definition) is 2. The van der Waals surface area contributed by atoms with Crippen LogP contribution in [0.25, 0.3) is 0 Å². The van der Waals surface area contributed by atoms with Gasteiger partial charge in [0.15, 0.2) is 0 Å². The molecule has 0 fully saturated rings. The molecule has 2 aromatic carbocycles. The minimum Gasteiger partial charge on any atom is -0.324 e. The molecule has 0 aromatic heterocycles. The summed E-state index contributed by atoms with van der Waals surface area (Å²) in [5.74, 6) is 0. The highest BCUT2D eigenvalue weighted by Crippen LogP contribution is 2.30. The monoisotopic (exact) mass is 263 g/mol. The first kappa shape index (κ1) is 12.3. The molecule has 0 spiro atoms. The molecule has 3 heteroatoms. The summed E-state index contributed by atoms with van der Waals surface area (Å²) in [7, 11) is 0. The van der Waals surface area contributed by atoms with Crippen LogP contribution in [0.15, 0.2) is 47.4 Å². The third kappa shape index (κ3) is 3.18. The predicted octanol–water partition coefficient (Wildman–Crippen LogP) is 5.08. The summed E-state index contributed by atoms with van der Waals surface area (Å²) < 4.78 is 3.30. The van der Waals surface area contributed by atoms with E-state index in [1.54, 1.807) is 11.9 Å². The first-order chi connectivity index (χ1) is 8.16. The smallest absolute Gasteiger partial charge is 0.0661 e. The minimum absolute atomic E-state index is 0.754. The van der Waals surface area contributed by atoms with Crippen LogP contribution in [0, 0.1) is 13.8 Å². The summed E-state index contributed by atoms with van der Waals surface area (Å²) in [6, 6.07) is 14.3. The van der Waals surface area contributed by atoms with Crippen LogP contribution in [0.4, 0.5) is 5.69 Å². The maximum atomic E-state index is 6.15. The third-order valence-electron chi connectivity index (χ3n) is 2.51. The van der Waals surface area contributed by atoms with Crippen molar-refractivity contribution in [3.8, 4) is 0 Å². The van der Waals surface area contributed by atoms with E-state index in [1.165, 1.54) is 10.5 Å². The number of nitrogens with one attached hydrogen (secondary N) is 1. The van der Waals surface area contributed by atoms with Gasteiger partial charge in [-0.15, -0.1) is 0 Å². The summed E-state index contributed by atoms with van der Waals surface area (Å²) in [5, 5.41) is 0.754. The fraction of sp³-hybridized carbons (Fsp3) is 0.143. The fourth-order valence-electron chi connectivity index (χ4n) is 1.48. The summed E-state index contributed by atoms with van der Waals surface area (Å²) in [6.07, 6.45) is 0. The molecule has 0 heterocycles. The number of rotatable bonds is 3. The Balaban J connectivity index is 2.10. The molecule has 2 rings (SSSR count). The van der Waals surface area contributed by atoms with E-state index in [4.69, 9.17) is 11.6 Å². The molecule has 0 radical (unpaired) electrons. The van der Waals surface area contributed by atoms with Crippen molar-refractivity contribution < 1.29 is 0 Å². The van der Waals surface area contributed by atoms with Crippen LogP contribution in [0.5, 0.6) is 0 Å². The van der Waals surface area contributed by atoms with E-state index in [0.29, 0.717) is 0 Å². The van der Waals surface area contributed by atoms with E-state index in [2.05, 4.69) is 35.9 Å². The molecule has 0 saturated heterocycles. The van der Waals surface area contributed by atoms with Crippen LogP contribution in [0.3, 0.4) is 0 Å². The van der Waals surface area contributed by atoms with Gasteiger partial charge in [0.05, 0.1) is 10.7 Å². The Morgan fingerprint density at radius 2 is 1.71 bits per heavy atom. The Labute approximate surface area is 111 Å². The maximum Gasteiger partial charge on any atom is 0.0661 e. The van der Waals surface area contributed by atoms with Crippen LogP contribution in [-0.4, -0.2) is 0 Å². The molecular weight excluding hydrogens is 250 g/mol. The first-order valence-corrected chi connectivity index (χ1v) is 6.61. The normalized spacial score (nSPS) is 10.3. The van der Waals surface area contributed by atoms with Crippen molar-refractivity contribution >= 4 is 29.2 Å². The van der Waals surface area contributed by atoms with Crippen LogP contribution < -0.4 is 4.72 Å². The number of para-hydroxylation sites is 1. The number of halogens is 1. The molecule has 0 aliphatic heterocycles. The molecule has 0 amide bonds. The van der Waals surface area contributed by atoms with Crippen molar-refractivity contribution in [2.45, 2.75) is 18.7 Å². The van der Waals surface area contributed by atoms with Gasteiger partial charge in [-0.3, -0.25) is 0 Å². The van der Waals surface area contributed by atoms with E-state index >= 15 is 0 Å². The molecule has 0 aliphatic carbocycles. The average molecular weight is 264 g/mol. The lowest BCUT2D eigenvalue weighted by Crippen LogP contribution is -1.91. The highest BCUT2D eigenvalue weighted by atomic mass is 35.5. The molecule has 0 saturated carbocycles. The lowest BCUT2D eigenvalue weighted by molar-refractivity contribution is 1.38. The number of benzene rings is 2. The molecular formula is C14H14ClNS. The SMILES string of the molecule is Cc1ccc(SNc2c(C)cccc2Cl)cc1. The second kappa shape index (κ2) is 5.48. The summed E-state index contributed by atoms with van der Waals surface area (Å²) in [5.41, 5.74) is 3.40. The second-order valence-electron chi connectivity index (χ2n) is 3.95. The fourth-order valence-corrected chi connectivity index (χ4v) is 2.57. The molecule has 2 aromatic rings. The van der Waals surface area contributed by atoms with Gasteiger partial charge in [0.1, 0.15) is 0 Å². The van der Waals surface area contributed by atoms with Crippen molar-refractivity contribution in [1.29, 1.82) is 0 Å². The Bertz CT molecular complexity index is 488. The van der Waals surface area contributed by atoms with Gasteiger partial charge in [-0.25, -0.2) is 0 Å². The lowest BCUT2D eigenvalue weighted by Gasteiger charge is -2.10. The Hall–Kier alpha value is -1.12. The Morgan fingerprint density at radius 1 is 1.00 bits per heavy atom.